The predicted octanol–water partition coefficient (Wildman–Crippen LogP) is -3.40. The van der Waals surface area contributed by atoms with Gasteiger partial charge in [-0.25, -0.2) is 9.59 Å². The number of carbonyl (C=O) groups excluding carboxylic acids is 6. The number of hydrogen-bond acceptors (Lipinski definition) is 27. The normalized spacial score (nSPS) is 44.9. The fourth-order valence-corrected chi connectivity index (χ4v) is 12.1. The highest BCUT2D eigenvalue weighted by Crippen LogP contribution is 2.52. The standard InChI is InChI=1S/C54H66O27/c1-23-20-72-51(17-29(23)74-44(64)25-9-5-3-6-10-25)49(67)53(69)33(56)13-27(15-35(53)80-51)43(63)71-22-32-38(59)39(60)41(62)47(77-32)78-42-40(61)37(58)31(19-55)76-48(42)79-46(66)28-14-34(57)54(70)36(16-28)81-52(50(54)68)18-30(24(2)21-73-52)75-45(65)26-11-7-4-8-12-26/h3-12,23-24,27-42,47-48,55-62,69-70H,13-22H2,1-2H3/t23-,24-,27+,28+,29+,30+,31-,32-,33-,34-,35-,36-,37-,38-,39+,40+,41-,42-,47+,48+,51+,52+,53-,54-/m1/s1. The lowest BCUT2D eigenvalue weighted by Gasteiger charge is -2.46. The minimum absolute atomic E-state index is 0.144. The van der Waals surface area contributed by atoms with Gasteiger partial charge in [0, 0.05) is 24.7 Å². The van der Waals surface area contributed by atoms with Gasteiger partial charge in [0.1, 0.15) is 73.8 Å². The molecule has 6 saturated heterocycles. The van der Waals surface area contributed by atoms with Gasteiger partial charge in [0.05, 0.1) is 55.0 Å². The van der Waals surface area contributed by atoms with Crippen LogP contribution < -0.4 is 0 Å². The number of aliphatic hydroxyl groups is 10. The van der Waals surface area contributed by atoms with E-state index in [0.29, 0.717) is 0 Å². The Bertz CT molecular complexity index is 2660. The minimum atomic E-state index is -2.61. The van der Waals surface area contributed by atoms with E-state index in [-0.39, 0.29) is 37.2 Å². The topological polar surface area (TPSA) is 406 Å². The third kappa shape index (κ3) is 10.6. The zero-order valence-electron chi connectivity index (χ0n) is 43.8. The number of rotatable bonds is 12. The molecule has 444 valence electrons. The maximum absolute atomic E-state index is 14.1. The number of esters is 4. The molecule has 6 heterocycles. The van der Waals surface area contributed by atoms with Crippen LogP contribution in [0.25, 0.3) is 0 Å². The Labute approximate surface area is 461 Å². The number of fused-ring (bicyclic) bond motifs is 2. The number of carbonyl (C=O) groups is 6. The molecule has 2 aliphatic carbocycles. The zero-order chi connectivity index (χ0) is 58.1. The van der Waals surface area contributed by atoms with Crippen molar-refractivity contribution in [3.05, 3.63) is 71.8 Å². The van der Waals surface area contributed by atoms with Crippen molar-refractivity contribution in [1.29, 1.82) is 0 Å². The maximum atomic E-state index is 14.1. The van der Waals surface area contributed by atoms with Crippen molar-refractivity contribution in [3.8, 4) is 0 Å². The molecule has 81 heavy (non-hydrogen) atoms. The summed E-state index contributed by atoms with van der Waals surface area (Å²) in [6.07, 6.45) is -31.6. The molecular weight excluding hydrogens is 1080 g/mol. The van der Waals surface area contributed by atoms with Crippen molar-refractivity contribution in [2.24, 2.45) is 23.7 Å². The molecule has 0 amide bonds. The van der Waals surface area contributed by atoms with Crippen LogP contribution in [-0.4, -0.2) is 234 Å². The smallest absolute Gasteiger partial charge is 0.338 e. The summed E-state index contributed by atoms with van der Waals surface area (Å²) in [6, 6.07) is 16.1. The summed E-state index contributed by atoms with van der Waals surface area (Å²) in [5.41, 5.74) is -4.69. The quantitative estimate of drug-likeness (QED) is 0.0731. The van der Waals surface area contributed by atoms with Gasteiger partial charge in [-0.15, -0.1) is 0 Å². The van der Waals surface area contributed by atoms with Crippen LogP contribution in [-0.2, 0) is 71.3 Å². The van der Waals surface area contributed by atoms with Crippen molar-refractivity contribution in [1.82, 2.24) is 0 Å². The SMILES string of the molecule is C[C@@H]1CO[C@@]2(C[C@@H]1OC(=O)c1ccccc1)O[C@@H]1C[C@@H](C(=O)OC[C@H]3O[C@@H](O[C@H]4[C@H](OC(=O)[C@H]5C[C@@H](O)[C@]6(O)C(=O)[C@]7(C[C@H](OC(=O)c8ccccc8)[C@H](C)CO7)O[C@@H]6C5)O[C@H](CO)[C@@H](O)[C@@H]4O)[C@H](O)[C@@H](O)[C@@H]3O)C[C@@H](O)[C@]1(O)C2=O. The summed E-state index contributed by atoms with van der Waals surface area (Å²) in [6.45, 7) is 1.29. The van der Waals surface area contributed by atoms with Gasteiger partial charge in [-0.05, 0) is 49.9 Å². The van der Waals surface area contributed by atoms with Gasteiger partial charge in [0.15, 0.2) is 23.6 Å². The first kappa shape index (κ1) is 59.2. The maximum Gasteiger partial charge on any atom is 0.338 e. The van der Waals surface area contributed by atoms with E-state index in [1.807, 2.05) is 0 Å². The zero-order valence-corrected chi connectivity index (χ0v) is 43.8. The molecule has 24 atom stereocenters. The molecule has 0 unspecified atom stereocenters. The van der Waals surface area contributed by atoms with Gasteiger partial charge in [-0.2, -0.15) is 0 Å². The largest absolute Gasteiger partial charge is 0.463 e. The second-order valence-corrected chi connectivity index (χ2v) is 22.4. The Morgan fingerprint density at radius 1 is 0.568 bits per heavy atom. The molecule has 2 aromatic carbocycles. The van der Waals surface area contributed by atoms with Gasteiger partial charge < -0.3 is 103 Å². The summed E-state index contributed by atoms with van der Waals surface area (Å²) in [5.74, 6) is -13.6. The molecule has 27 nitrogen and oxygen atoms in total. The number of ketones is 2. The first-order valence-electron chi connectivity index (χ1n) is 26.9. The molecule has 8 aliphatic rings. The Hall–Kier alpha value is -5.02. The number of Topliss-reactive ketones (excluding diaryl/α,β-unsaturated/α-hetero) is 2. The number of hydrogen-bond donors (Lipinski definition) is 10. The second kappa shape index (κ2) is 22.9. The number of aliphatic hydroxyl groups excluding tert-OH is 8. The predicted molar refractivity (Wildman–Crippen MR) is 260 cm³/mol. The van der Waals surface area contributed by atoms with Gasteiger partial charge in [-0.3, -0.25) is 19.2 Å². The minimum Gasteiger partial charge on any atom is -0.463 e. The molecule has 10 rings (SSSR count). The fraction of sp³-hybridized carbons (Fsp3) is 0.667. The van der Waals surface area contributed by atoms with Crippen molar-refractivity contribution >= 4 is 35.4 Å². The molecule has 2 spiro atoms. The molecule has 0 radical (unpaired) electrons. The van der Waals surface area contributed by atoms with E-state index in [1.165, 1.54) is 12.1 Å². The van der Waals surface area contributed by atoms with Crippen molar-refractivity contribution in [3.63, 3.8) is 0 Å². The Morgan fingerprint density at radius 2 is 1.02 bits per heavy atom. The first-order valence-corrected chi connectivity index (χ1v) is 26.9. The van der Waals surface area contributed by atoms with E-state index in [2.05, 4.69) is 0 Å². The highest BCUT2D eigenvalue weighted by molar-refractivity contribution is 5.98. The van der Waals surface area contributed by atoms with Crippen LogP contribution >= 0.6 is 0 Å². The summed E-state index contributed by atoms with van der Waals surface area (Å²) >= 11 is 0. The Morgan fingerprint density at radius 3 is 1.51 bits per heavy atom. The monoisotopic (exact) mass is 1150 g/mol. The van der Waals surface area contributed by atoms with Crippen molar-refractivity contribution in [2.45, 2.75) is 173 Å². The Balaban J connectivity index is 0.774. The highest BCUT2D eigenvalue weighted by Gasteiger charge is 2.73. The number of ether oxygens (including phenoxy) is 11. The lowest BCUT2D eigenvalue weighted by atomic mass is 9.72. The molecular formula is C54H66O27. The Kier molecular flexibility index (Phi) is 16.7. The van der Waals surface area contributed by atoms with E-state index in [1.54, 1.807) is 62.4 Å². The van der Waals surface area contributed by atoms with Crippen LogP contribution in [0.5, 0.6) is 0 Å². The van der Waals surface area contributed by atoms with Crippen LogP contribution in [0.15, 0.2) is 60.7 Å². The molecule has 27 heteroatoms. The average Bonchev–Trinajstić information content (AvgIpc) is 4.08. The van der Waals surface area contributed by atoms with Crippen LogP contribution in [0, 0.1) is 23.7 Å². The summed E-state index contributed by atoms with van der Waals surface area (Å²) in [5, 5.41) is 112. The van der Waals surface area contributed by atoms with Gasteiger partial charge >= 0.3 is 23.9 Å². The van der Waals surface area contributed by atoms with Crippen LogP contribution in [0.3, 0.4) is 0 Å². The molecule has 0 bridgehead atoms. The van der Waals surface area contributed by atoms with Crippen molar-refractivity contribution < 1.29 is 132 Å². The van der Waals surface area contributed by atoms with Crippen molar-refractivity contribution in [2.75, 3.05) is 26.4 Å². The lowest BCUT2D eigenvalue weighted by Crippen LogP contribution is -2.65. The molecule has 2 aromatic rings. The molecule has 6 aliphatic heterocycles. The van der Waals surface area contributed by atoms with E-state index < -0.39 is 219 Å². The van der Waals surface area contributed by atoms with Crippen LogP contribution in [0.2, 0.25) is 0 Å². The molecule has 2 saturated carbocycles. The molecule has 0 aromatic heterocycles. The highest BCUT2D eigenvalue weighted by atomic mass is 16.8. The average molecular weight is 1150 g/mol. The third-order valence-corrected chi connectivity index (χ3v) is 17.1. The number of benzene rings is 2. The fourth-order valence-electron chi connectivity index (χ4n) is 12.1. The molecule has 8 fully saturated rings. The summed E-state index contributed by atoms with van der Waals surface area (Å²) < 4.78 is 63.6. The first-order chi connectivity index (χ1) is 38.4. The second-order valence-electron chi connectivity index (χ2n) is 22.4. The van der Waals surface area contributed by atoms with Crippen LogP contribution in [0.4, 0.5) is 0 Å². The third-order valence-electron chi connectivity index (χ3n) is 17.1. The van der Waals surface area contributed by atoms with Crippen LogP contribution in [0.1, 0.15) is 73.1 Å². The van der Waals surface area contributed by atoms with E-state index in [0.717, 1.165) is 0 Å². The summed E-state index contributed by atoms with van der Waals surface area (Å²) in [4.78, 5) is 81.8. The van der Waals surface area contributed by atoms with Gasteiger partial charge in [-0.1, -0.05) is 50.2 Å². The van der Waals surface area contributed by atoms with E-state index >= 15 is 0 Å². The van der Waals surface area contributed by atoms with Gasteiger partial charge in [0.25, 0.3) is 0 Å². The van der Waals surface area contributed by atoms with Gasteiger partial charge in [0.2, 0.25) is 29.4 Å². The molecule has 10 N–H and O–H groups in total. The summed E-state index contributed by atoms with van der Waals surface area (Å²) in [7, 11) is 0. The van der Waals surface area contributed by atoms with E-state index in [4.69, 9.17) is 52.1 Å². The lowest BCUT2D eigenvalue weighted by molar-refractivity contribution is -0.363. The van der Waals surface area contributed by atoms with E-state index in [9.17, 15) is 79.8 Å².